The van der Waals surface area contributed by atoms with Crippen molar-refractivity contribution in [1.29, 1.82) is 0 Å². The Kier molecular flexibility index (Phi) is 8.68. The molecule has 4 atom stereocenters. The number of hydrogen-bond acceptors (Lipinski definition) is 8. The summed E-state index contributed by atoms with van der Waals surface area (Å²) in [6.45, 7) is 4.50. The number of rotatable bonds is 12. The number of aliphatic hydroxyl groups is 3. The Balaban J connectivity index is 1.73. The highest BCUT2D eigenvalue weighted by Gasteiger charge is 2.56. The highest BCUT2D eigenvalue weighted by Crippen LogP contribution is 2.46. The van der Waals surface area contributed by atoms with E-state index in [-0.39, 0.29) is 49.7 Å². The minimum atomic E-state index is -1.40. The van der Waals surface area contributed by atoms with Gasteiger partial charge in [0.1, 0.15) is 11.8 Å². The van der Waals surface area contributed by atoms with Gasteiger partial charge in [0.05, 0.1) is 24.7 Å². The van der Waals surface area contributed by atoms with Crippen LogP contribution in [0.1, 0.15) is 33.6 Å². The van der Waals surface area contributed by atoms with Crippen molar-refractivity contribution in [2.45, 2.75) is 51.9 Å². The van der Waals surface area contributed by atoms with Crippen molar-refractivity contribution in [2.24, 2.45) is 11.3 Å². The van der Waals surface area contributed by atoms with Crippen LogP contribution in [0.15, 0.2) is 10.6 Å². The van der Waals surface area contributed by atoms with E-state index >= 15 is 0 Å². The molecule has 2 aliphatic rings. The largest absolute Gasteiger partial charge is 0.477 e. The fourth-order valence-electron chi connectivity index (χ4n) is 3.65. The second-order valence-electron chi connectivity index (χ2n) is 8.61. The summed E-state index contributed by atoms with van der Waals surface area (Å²) in [7, 11) is 0. The van der Waals surface area contributed by atoms with Crippen LogP contribution in [0.4, 0.5) is 0 Å². The minimum Gasteiger partial charge on any atom is -0.477 e. The van der Waals surface area contributed by atoms with E-state index in [1.807, 2.05) is 0 Å². The molecular formula is C20H31N3O8S. The molecule has 12 heteroatoms. The monoisotopic (exact) mass is 473 g/mol. The standard InChI is InChI=1S/C20H31N3O8S/c1-10(25)14-11-8-12(15(19(30)31)23(11)18(14)29)32-7-6-21-13(26)4-5-22-17(28)16(27)20(2,3)9-24/h10-11,14,16,24-25,27H,4-9H2,1-3H3,(H,21,26)(H,22,28)(H,30,31)/t10-,11?,14-,16+/m1/s1. The van der Waals surface area contributed by atoms with Crippen LogP contribution in [-0.4, -0.2) is 92.7 Å². The molecule has 3 amide bonds. The molecule has 32 heavy (non-hydrogen) atoms. The lowest BCUT2D eigenvalue weighted by atomic mass is 9.83. The van der Waals surface area contributed by atoms with Crippen LogP contribution in [0, 0.1) is 11.3 Å². The van der Waals surface area contributed by atoms with Crippen LogP contribution in [-0.2, 0) is 19.2 Å². The Bertz CT molecular complexity index is 798. The maximum Gasteiger partial charge on any atom is 0.353 e. The molecule has 0 spiro atoms. The van der Waals surface area contributed by atoms with Crippen LogP contribution in [0.25, 0.3) is 0 Å². The summed E-state index contributed by atoms with van der Waals surface area (Å²) < 4.78 is 0. The molecule has 0 bridgehead atoms. The summed E-state index contributed by atoms with van der Waals surface area (Å²) in [5.41, 5.74) is -1.05. The van der Waals surface area contributed by atoms with Crippen molar-refractivity contribution in [2.75, 3.05) is 25.4 Å². The van der Waals surface area contributed by atoms with E-state index in [9.17, 15) is 39.6 Å². The first-order valence-corrected chi connectivity index (χ1v) is 11.3. The smallest absolute Gasteiger partial charge is 0.353 e. The second kappa shape index (κ2) is 10.6. The zero-order chi connectivity index (χ0) is 24.2. The van der Waals surface area contributed by atoms with E-state index in [0.29, 0.717) is 17.1 Å². The van der Waals surface area contributed by atoms with Crippen molar-refractivity contribution >= 4 is 35.5 Å². The number of aliphatic carboxylic acids is 1. The quantitative estimate of drug-likeness (QED) is 0.147. The zero-order valence-corrected chi connectivity index (χ0v) is 19.1. The van der Waals surface area contributed by atoms with Crippen LogP contribution in [0.5, 0.6) is 0 Å². The van der Waals surface area contributed by atoms with Gasteiger partial charge in [-0.1, -0.05) is 13.8 Å². The highest BCUT2D eigenvalue weighted by molar-refractivity contribution is 8.03. The number of β-lactam (4-membered cyclic amide) rings is 1. The van der Waals surface area contributed by atoms with Crippen LogP contribution in [0.3, 0.4) is 0 Å². The number of carbonyl (C=O) groups is 4. The first-order chi connectivity index (χ1) is 14.9. The van der Waals surface area contributed by atoms with Gasteiger partial charge in [0.25, 0.3) is 0 Å². The lowest BCUT2D eigenvalue weighted by Gasteiger charge is -2.44. The first-order valence-electron chi connectivity index (χ1n) is 10.4. The summed E-state index contributed by atoms with van der Waals surface area (Å²) in [6, 6.07) is -0.347. The summed E-state index contributed by atoms with van der Waals surface area (Å²) >= 11 is 1.25. The Morgan fingerprint density at radius 3 is 2.44 bits per heavy atom. The number of carboxylic acid groups (broad SMARTS) is 1. The van der Waals surface area contributed by atoms with Crippen molar-refractivity contribution in [3.05, 3.63) is 10.6 Å². The number of thioether (sulfide) groups is 1. The van der Waals surface area contributed by atoms with Crippen molar-refractivity contribution in [3.63, 3.8) is 0 Å². The summed E-state index contributed by atoms with van der Waals surface area (Å²) in [4.78, 5) is 49.3. The van der Waals surface area contributed by atoms with E-state index < -0.39 is 35.4 Å². The Morgan fingerprint density at radius 1 is 1.22 bits per heavy atom. The average Bonchev–Trinajstić information content (AvgIpc) is 3.04. The molecule has 1 fully saturated rings. The molecule has 11 nitrogen and oxygen atoms in total. The SMILES string of the molecule is C[C@@H](O)[C@H]1C(=O)N2C(C(=O)O)=C(SCCNC(=O)CCNC(=O)[C@H](O)C(C)(C)CO)CC12. The Hall–Kier alpha value is -2.15. The number of hydrogen-bond donors (Lipinski definition) is 6. The lowest BCUT2D eigenvalue weighted by molar-refractivity contribution is -0.161. The van der Waals surface area contributed by atoms with Crippen molar-refractivity contribution in [3.8, 4) is 0 Å². The molecule has 0 aromatic rings. The van der Waals surface area contributed by atoms with E-state index in [0.717, 1.165) is 0 Å². The maximum atomic E-state index is 12.2. The lowest BCUT2D eigenvalue weighted by Crippen LogP contribution is -2.61. The third kappa shape index (κ3) is 5.61. The third-order valence-electron chi connectivity index (χ3n) is 5.64. The van der Waals surface area contributed by atoms with Gasteiger partial charge < -0.3 is 36.0 Å². The van der Waals surface area contributed by atoms with E-state index in [1.165, 1.54) is 23.6 Å². The molecule has 180 valence electrons. The van der Waals surface area contributed by atoms with Crippen molar-refractivity contribution in [1.82, 2.24) is 15.5 Å². The Labute approximate surface area is 190 Å². The Morgan fingerprint density at radius 2 is 1.88 bits per heavy atom. The third-order valence-corrected chi connectivity index (χ3v) is 6.76. The van der Waals surface area contributed by atoms with Gasteiger partial charge in [0.2, 0.25) is 17.7 Å². The van der Waals surface area contributed by atoms with Crippen molar-refractivity contribution < 1.29 is 39.6 Å². The van der Waals surface area contributed by atoms with Gasteiger partial charge in [-0.05, 0) is 6.92 Å². The number of nitrogens with one attached hydrogen (secondary N) is 2. The molecular weight excluding hydrogens is 442 g/mol. The number of carboxylic acids is 1. The van der Waals surface area contributed by atoms with Gasteiger partial charge in [-0.3, -0.25) is 14.4 Å². The topological polar surface area (TPSA) is 176 Å². The minimum absolute atomic E-state index is 0.00776. The molecule has 6 N–H and O–H groups in total. The molecule has 0 aromatic carbocycles. The summed E-state index contributed by atoms with van der Waals surface area (Å²) in [5, 5.41) is 43.4. The molecule has 2 heterocycles. The predicted molar refractivity (Wildman–Crippen MR) is 115 cm³/mol. The van der Waals surface area contributed by atoms with Crippen LogP contribution in [0.2, 0.25) is 0 Å². The number of nitrogens with zero attached hydrogens (tertiary/aromatic N) is 1. The average molecular weight is 474 g/mol. The van der Waals surface area contributed by atoms with Gasteiger partial charge in [0, 0.05) is 42.0 Å². The summed E-state index contributed by atoms with van der Waals surface area (Å²) in [5.74, 6) is -2.79. The fraction of sp³-hybridized carbons (Fsp3) is 0.700. The number of carbonyl (C=O) groups excluding carboxylic acids is 3. The molecule has 2 aliphatic heterocycles. The second-order valence-corrected chi connectivity index (χ2v) is 9.80. The zero-order valence-electron chi connectivity index (χ0n) is 18.3. The molecule has 0 aliphatic carbocycles. The number of aliphatic hydroxyl groups excluding tert-OH is 3. The van der Waals surface area contributed by atoms with Crippen LogP contribution < -0.4 is 10.6 Å². The van der Waals surface area contributed by atoms with Gasteiger partial charge in [-0.2, -0.15) is 0 Å². The molecule has 1 saturated heterocycles. The van der Waals surface area contributed by atoms with Gasteiger partial charge in [-0.25, -0.2) is 4.79 Å². The number of amides is 3. The maximum absolute atomic E-state index is 12.2. The predicted octanol–water partition coefficient (Wildman–Crippen LogP) is -1.37. The van der Waals surface area contributed by atoms with E-state index in [2.05, 4.69) is 10.6 Å². The molecule has 0 radical (unpaired) electrons. The van der Waals surface area contributed by atoms with Crippen LogP contribution >= 0.6 is 11.8 Å². The normalized spacial score (nSPS) is 22.2. The van der Waals surface area contributed by atoms with E-state index in [1.54, 1.807) is 13.8 Å². The fourth-order valence-corrected chi connectivity index (χ4v) is 4.71. The van der Waals surface area contributed by atoms with Gasteiger partial charge >= 0.3 is 5.97 Å². The molecule has 0 saturated carbocycles. The number of fused-ring (bicyclic) bond motifs is 1. The molecule has 1 unspecified atom stereocenters. The first kappa shape index (κ1) is 26.1. The highest BCUT2D eigenvalue weighted by atomic mass is 32.2. The molecule has 2 rings (SSSR count). The van der Waals surface area contributed by atoms with E-state index in [4.69, 9.17) is 0 Å². The van der Waals surface area contributed by atoms with Gasteiger partial charge in [0.15, 0.2) is 0 Å². The summed E-state index contributed by atoms with van der Waals surface area (Å²) in [6.07, 6.45) is -1.90. The van der Waals surface area contributed by atoms with Gasteiger partial charge in [-0.15, -0.1) is 11.8 Å². The molecule has 0 aromatic heterocycles.